The summed E-state index contributed by atoms with van der Waals surface area (Å²) in [5.41, 5.74) is 3.45. The molecule has 0 aliphatic rings. The minimum absolute atomic E-state index is 0.0545. The fraction of sp³-hybridized carbons (Fsp3) is 0.176. The van der Waals surface area contributed by atoms with Crippen molar-refractivity contribution in [1.29, 1.82) is 0 Å². The Hall–Kier alpha value is -2.62. The predicted octanol–water partition coefficient (Wildman–Crippen LogP) is 2.67. The standard InChI is InChI=1S/C17H18N2O2/c1-12-7-6-10-15(13(12)2)19-16(20)11-18-17(21)14-8-4-3-5-9-14/h3-10H,11H2,1-2H3,(H,18,21)(H,19,20). The van der Waals surface area contributed by atoms with Crippen LogP contribution in [-0.4, -0.2) is 18.4 Å². The summed E-state index contributed by atoms with van der Waals surface area (Å²) in [6.45, 7) is 3.89. The van der Waals surface area contributed by atoms with E-state index < -0.39 is 0 Å². The maximum Gasteiger partial charge on any atom is 0.251 e. The molecule has 2 amide bonds. The molecule has 0 saturated carbocycles. The second kappa shape index (κ2) is 6.70. The summed E-state index contributed by atoms with van der Waals surface area (Å²) in [5, 5.41) is 5.41. The van der Waals surface area contributed by atoms with Crippen LogP contribution in [0.4, 0.5) is 5.69 Å². The highest BCUT2D eigenvalue weighted by atomic mass is 16.2. The van der Waals surface area contributed by atoms with E-state index in [9.17, 15) is 9.59 Å². The summed E-state index contributed by atoms with van der Waals surface area (Å²) in [4.78, 5) is 23.7. The van der Waals surface area contributed by atoms with Gasteiger partial charge in [-0.15, -0.1) is 0 Å². The Morgan fingerprint density at radius 3 is 2.38 bits per heavy atom. The van der Waals surface area contributed by atoms with Gasteiger partial charge in [0.1, 0.15) is 0 Å². The van der Waals surface area contributed by atoms with Crippen LogP contribution in [0.5, 0.6) is 0 Å². The number of nitrogens with one attached hydrogen (secondary N) is 2. The lowest BCUT2D eigenvalue weighted by Gasteiger charge is -2.11. The van der Waals surface area contributed by atoms with Crippen LogP contribution in [0.25, 0.3) is 0 Å². The first-order valence-corrected chi connectivity index (χ1v) is 6.77. The number of benzene rings is 2. The quantitative estimate of drug-likeness (QED) is 0.905. The molecule has 0 bridgehead atoms. The van der Waals surface area contributed by atoms with Gasteiger partial charge in [-0.05, 0) is 43.2 Å². The summed E-state index contributed by atoms with van der Waals surface area (Å²) in [6, 6.07) is 14.5. The van der Waals surface area contributed by atoms with Crippen molar-refractivity contribution in [3.8, 4) is 0 Å². The normalized spacial score (nSPS) is 10.0. The van der Waals surface area contributed by atoms with Gasteiger partial charge in [0.05, 0.1) is 6.54 Å². The largest absolute Gasteiger partial charge is 0.343 e. The number of hydrogen-bond acceptors (Lipinski definition) is 2. The smallest absolute Gasteiger partial charge is 0.251 e. The van der Waals surface area contributed by atoms with Crippen molar-refractivity contribution in [2.75, 3.05) is 11.9 Å². The van der Waals surface area contributed by atoms with E-state index in [1.165, 1.54) is 0 Å². The molecule has 0 fully saturated rings. The molecule has 0 atom stereocenters. The molecule has 0 radical (unpaired) electrons. The Bertz CT molecular complexity index is 651. The van der Waals surface area contributed by atoms with Crippen LogP contribution in [0, 0.1) is 13.8 Å². The van der Waals surface area contributed by atoms with Crippen molar-refractivity contribution in [2.24, 2.45) is 0 Å². The molecular formula is C17H18N2O2. The van der Waals surface area contributed by atoms with E-state index in [-0.39, 0.29) is 18.4 Å². The highest BCUT2D eigenvalue weighted by molar-refractivity contribution is 5.99. The first-order chi connectivity index (χ1) is 10.1. The second-order valence-electron chi connectivity index (χ2n) is 4.84. The van der Waals surface area contributed by atoms with Crippen LogP contribution in [0.1, 0.15) is 21.5 Å². The molecule has 2 aromatic carbocycles. The van der Waals surface area contributed by atoms with Crippen molar-refractivity contribution in [1.82, 2.24) is 5.32 Å². The average molecular weight is 282 g/mol. The summed E-state index contributed by atoms with van der Waals surface area (Å²) >= 11 is 0. The number of hydrogen-bond donors (Lipinski definition) is 2. The topological polar surface area (TPSA) is 58.2 Å². The van der Waals surface area contributed by atoms with Crippen LogP contribution >= 0.6 is 0 Å². The maximum absolute atomic E-state index is 11.9. The molecule has 2 N–H and O–H groups in total. The number of amides is 2. The van der Waals surface area contributed by atoms with E-state index >= 15 is 0 Å². The van der Waals surface area contributed by atoms with Crippen molar-refractivity contribution >= 4 is 17.5 Å². The zero-order valence-electron chi connectivity index (χ0n) is 12.1. The molecule has 108 valence electrons. The van der Waals surface area contributed by atoms with E-state index in [0.717, 1.165) is 16.8 Å². The molecule has 2 rings (SSSR count). The molecule has 0 unspecified atom stereocenters. The molecule has 0 spiro atoms. The summed E-state index contributed by atoms with van der Waals surface area (Å²) < 4.78 is 0. The van der Waals surface area contributed by atoms with Gasteiger partial charge in [0.2, 0.25) is 5.91 Å². The van der Waals surface area contributed by atoms with E-state index in [0.29, 0.717) is 5.56 Å². The molecule has 4 heteroatoms. The molecule has 0 saturated heterocycles. The minimum Gasteiger partial charge on any atom is -0.343 e. The highest BCUT2D eigenvalue weighted by Gasteiger charge is 2.09. The first kappa shape index (κ1) is 14.8. The lowest BCUT2D eigenvalue weighted by molar-refractivity contribution is -0.115. The lowest BCUT2D eigenvalue weighted by Crippen LogP contribution is -2.33. The van der Waals surface area contributed by atoms with Gasteiger partial charge in [0, 0.05) is 11.3 Å². The zero-order chi connectivity index (χ0) is 15.2. The average Bonchev–Trinajstić information content (AvgIpc) is 2.50. The molecule has 2 aromatic rings. The summed E-state index contributed by atoms with van der Waals surface area (Å²) in [5.74, 6) is -0.500. The number of anilines is 1. The van der Waals surface area contributed by atoms with Gasteiger partial charge in [-0.25, -0.2) is 0 Å². The van der Waals surface area contributed by atoms with Gasteiger partial charge in [-0.3, -0.25) is 9.59 Å². The van der Waals surface area contributed by atoms with Crippen molar-refractivity contribution in [3.05, 3.63) is 65.2 Å². The molecule has 4 nitrogen and oxygen atoms in total. The van der Waals surface area contributed by atoms with E-state index in [1.807, 2.05) is 38.1 Å². The monoisotopic (exact) mass is 282 g/mol. The summed E-state index contributed by atoms with van der Waals surface area (Å²) in [7, 11) is 0. The van der Waals surface area contributed by atoms with Crippen LogP contribution in [-0.2, 0) is 4.79 Å². The Balaban J connectivity index is 1.91. The number of carbonyl (C=O) groups is 2. The maximum atomic E-state index is 11.9. The Morgan fingerprint density at radius 1 is 0.952 bits per heavy atom. The van der Waals surface area contributed by atoms with E-state index in [1.54, 1.807) is 24.3 Å². The van der Waals surface area contributed by atoms with Crippen LogP contribution in [0.3, 0.4) is 0 Å². The zero-order valence-corrected chi connectivity index (χ0v) is 12.1. The van der Waals surface area contributed by atoms with Gasteiger partial charge in [0.15, 0.2) is 0 Å². The third-order valence-corrected chi connectivity index (χ3v) is 3.32. The number of rotatable bonds is 4. The first-order valence-electron chi connectivity index (χ1n) is 6.77. The van der Waals surface area contributed by atoms with Gasteiger partial charge in [0.25, 0.3) is 5.91 Å². The van der Waals surface area contributed by atoms with Crippen LogP contribution in [0.2, 0.25) is 0 Å². The second-order valence-corrected chi connectivity index (χ2v) is 4.84. The fourth-order valence-electron chi connectivity index (χ4n) is 1.93. The van der Waals surface area contributed by atoms with Gasteiger partial charge in [-0.2, -0.15) is 0 Å². The molecule has 0 aromatic heterocycles. The van der Waals surface area contributed by atoms with Crippen molar-refractivity contribution < 1.29 is 9.59 Å². The van der Waals surface area contributed by atoms with Crippen molar-refractivity contribution in [2.45, 2.75) is 13.8 Å². The third kappa shape index (κ3) is 3.92. The van der Waals surface area contributed by atoms with Crippen molar-refractivity contribution in [3.63, 3.8) is 0 Å². The van der Waals surface area contributed by atoms with Gasteiger partial charge in [-0.1, -0.05) is 30.3 Å². The highest BCUT2D eigenvalue weighted by Crippen LogP contribution is 2.17. The minimum atomic E-state index is -0.258. The SMILES string of the molecule is Cc1cccc(NC(=O)CNC(=O)c2ccccc2)c1C. The molecule has 21 heavy (non-hydrogen) atoms. The lowest BCUT2D eigenvalue weighted by atomic mass is 10.1. The summed E-state index contributed by atoms with van der Waals surface area (Å²) in [6.07, 6.45) is 0. The molecule has 0 aliphatic carbocycles. The third-order valence-electron chi connectivity index (χ3n) is 3.32. The van der Waals surface area contributed by atoms with Crippen LogP contribution < -0.4 is 10.6 Å². The molecule has 0 heterocycles. The molecule has 0 aliphatic heterocycles. The van der Waals surface area contributed by atoms with E-state index in [4.69, 9.17) is 0 Å². The predicted molar refractivity (Wildman–Crippen MR) is 83.3 cm³/mol. The fourth-order valence-corrected chi connectivity index (χ4v) is 1.93. The van der Waals surface area contributed by atoms with Crippen LogP contribution in [0.15, 0.2) is 48.5 Å². The number of aryl methyl sites for hydroxylation is 1. The Labute approximate surface area is 124 Å². The Kier molecular flexibility index (Phi) is 4.72. The van der Waals surface area contributed by atoms with Gasteiger partial charge >= 0.3 is 0 Å². The van der Waals surface area contributed by atoms with E-state index in [2.05, 4.69) is 10.6 Å². The number of carbonyl (C=O) groups excluding carboxylic acids is 2. The Morgan fingerprint density at radius 2 is 1.67 bits per heavy atom. The van der Waals surface area contributed by atoms with Gasteiger partial charge < -0.3 is 10.6 Å². The molecular weight excluding hydrogens is 264 g/mol.